The lowest BCUT2D eigenvalue weighted by Gasteiger charge is -2.06. The molecule has 9 heteroatoms. The summed E-state index contributed by atoms with van der Waals surface area (Å²) in [6.07, 6.45) is 0.688. The molecule has 4 nitrogen and oxygen atoms in total. The molecule has 17 heavy (non-hydrogen) atoms. The fraction of sp³-hybridized carbons (Fsp3) is 0. The molecule has 0 aliphatic heterocycles. The highest BCUT2D eigenvalue weighted by Gasteiger charge is 2.15. The van der Waals surface area contributed by atoms with Gasteiger partial charge in [0.1, 0.15) is 6.26 Å². The number of hydrogen-bond donors (Lipinski definition) is 2. The number of hydrogen-bond acceptors (Lipinski definition) is 2. The van der Waals surface area contributed by atoms with E-state index in [-0.39, 0.29) is 25.7 Å². The van der Waals surface area contributed by atoms with E-state index < -0.39 is 7.82 Å². The summed E-state index contributed by atoms with van der Waals surface area (Å²) in [5, 5.41) is 0.501. The molecule has 1 rings (SSSR count). The molecule has 0 saturated carbocycles. The van der Waals surface area contributed by atoms with Gasteiger partial charge in [-0.05, 0) is 12.1 Å². The molecule has 0 saturated heterocycles. The highest BCUT2D eigenvalue weighted by molar-refractivity contribution is 7.46. The van der Waals surface area contributed by atoms with Crippen LogP contribution in [-0.2, 0) is 9.09 Å². The van der Waals surface area contributed by atoms with Gasteiger partial charge in [-0.2, -0.15) is 0 Å². The summed E-state index contributed by atoms with van der Waals surface area (Å²) in [5.41, 5.74) is 0.246. The second-order valence-electron chi connectivity index (χ2n) is 2.81. The van der Waals surface area contributed by atoms with Crippen LogP contribution < -0.4 is 0 Å². The number of halogens is 4. The van der Waals surface area contributed by atoms with E-state index >= 15 is 0 Å². The molecule has 0 unspecified atom stereocenters. The minimum Gasteiger partial charge on any atom is -0.411 e. The minimum absolute atomic E-state index is 0.114. The van der Waals surface area contributed by atoms with Crippen molar-refractivity contribution in [3.05, 3.63) is 39.0 Å². The normalized spacial score (nSPS) is 12.7. The van der Waals surface area contributed by atoms with Crippen molar-refractivity contribution < 1.29 is 18.9 Å². The van der Waals surface area contributed by atoms with Gasteiger partial charge in [-0.1, -0.05) is 46.4 Å². The predicted molar refractivity (Wildman–Crippen MR) is 68.4 cm³/mol. The summed E-state index contributed by atoms with van der Waals surface area (Å²) in [5.74, 6) is 0. The molecule has 94 valence electrons. The van der Waals surface area contributed by atoms with E-state index in [0.717, 1.165) is 0 Å². The van der Waals surface area contributed by atoms with Crippen LogP contribution in [0, 0.1) is 0 Å². The van der Waals surface area contributed by atoms with Crippen LogP contribution in [0.3, 0.4) is 0 Å². The first-order valence-electron chi connectivity index (χ1n) is 3.95. The Morgan fingerprint density at radius 3 is 2.24 bits per heavy atom. The van der Waals surface area contributed by atoms with Crippen LogP contribution >= 0.6 is 54.2 Å². The third kappa shape index (κ3) is 4.68. The molecular weight excluding hydrogens is 333 g/mol. The Morgan fingerprint density at radius 2 is 1.71 bits per heavy atom. The largest absolute Gasteiger partial charge is 0.524 e. The van der Waals surface area contributed by atoms with Crippen molar-refractivity contribution in [1.29, 1.82) is 0 Å². The molecule has 0 atom stereocenters. The van der Waals surface area contributed by atoms with E-state index in [9.17, 15) is 4.57 Å². The average Bonchev–Trinajstić information content (AvgIpc) is 2.19. The molecule has 1 aromatic rings. The van der Waals surface area contributed by atoms with Crippen LogP contribution in [0.25, 0.3) is 5.03 Å². The van der Waals surface area contributed by atoms with Crippen LogP contribution in [0.5, 0.6) is 0 Å². The van der Waals surface area contributed by atoms with Gasteiger partial charge in [0.15, 0.2) is 0 Å². The van der Waals surface area contributed by atoms with Crippen molar-refractivity contribution in [1.82, 2.24) is 0 Å². The van der Waals surface area contributed by atoms with Crippen LogP contribution in [0.4, 0.5) is 0 Å². The lowest BCUT2D eigenvalue weighted by atomic mass is 10.2. The Balaban J connectivity index is 3.08. The molecule has 0 amide bonds. The fourth-order valence-electron chi connectivity index (χ4n) is 0.884. The summed E-state index contributed by atoms with van der Waals surface area (Å²) in [7, 11) is -4.64. The van der Waals surface area contributed by atoms with Gasteiger partial charge in [0, 0.05) is 5.56 Å². The highest BCUT2D eigenvalue weighted by Crippen LogP contribution is 2.39. The Morgan fingerprint density at radius 1 is 1.18 bits per heavy atom. The lowest BCUT2D eigenvalue weighted by molar-refractivity contribution is 0.259. The van der Waals surface area contributed by atoms with E-state index in [1.165, 1.54) is 12.1 Å². The van der Waals surface area contributed by atoms with Crippen molar-refractivity contribution >= 4 is 59.3 Å². The molecule has 1 aromatic carbocycles. The van der Waals surface area contributed by atoms with Gasteiger partial charge in [-0.3, -0.25) is 9.79 Å². The van der Waals surface area contributed by atoms with Crippen molar-refractivity contribution in [2.75, 3.05) is 0 Å². The molecule has 0 spiro atoms. The molecule has 0 aromatic heterocycles. The van der Waals surface area contributed by atoms with Gasteiger partial charge in [0.25, 0.3) is 0 Å². The lowest BCUT2D eigenvalue weighted by Crippen LogP contribution is -1.84. The van der Waals surface area contributed by atoms with Crippen molar-refractivity contribution in [3.63, 3.8) is 0 Å². The molecule has 0 fully saturated rings. The van der Waals surface area contributed by atoms with Crippen molar-refractivity contribution in [2.45, 2.75) is 0 Å². The van der Waals surface area contributed by atoms with Crippen molar-refractivity contribution in [2.24, 2.45) is 0 Å². The second kappa shape index (κ2) is 5.81. The first-order valence-corrected chi connectivity index (χ1v) is 6.99. The van der Waals surface area contributed by atoms with E-state index in [1.807, 2.05) is 0 Å². The fourth-order valence-corrected chi connectivity index (χ4v) is 2.09. The zero-order chi connectivity index (χ0) is 13.2. The Hall–Kier alpha value is 0.0700. The first-order chi connectivity index (χ1) is 7.70. The molecule has 0 aliphatic carbocycles. The number of phosphoric acid groups is 1. The average molecular weight is 338 g/mol. The van der Waals surface area contributed by atoms with Gasteiger partial charge in [0.2, 0.25) is 0 Å². The molecule has 0 bridgehead atoms. The topological polar surface area (TPSA) is 66.8 Å². The number of phosphoric ester groups is 1. The van der Waals surface area contributed by atoms with Gasteiger partial charge in [-0.25, -0.2) is 4.57 Å². The van der Waals surface area contributed by atoms with Gasteiger partial charge >= 0.3 is 7.82 Å². The summed E-state index contributed by atoms with van der Waals surface area (Å²) >= 11 is 23.0. The van der Waals surface area contributed by atoms with E-state index in [1.54, 1.807) is 0 Å². The Bertz CT molecular complexity index is 510. The quantitative estimate of drug-likeness (QED) is 0.490. The summed E-state index contributed by atoms with van der Waals surface area (Å²) < 4.78 is 14.6. The van der Waals surface area contributed by atoms with E-state index in [2.05, 4.69) is 4.52 Å². The minimum atomic E-state index is -4.64. The first kappa shape index (κ1) is 15.1. The molecule has 2 N–H and O–H groups in total. The van der Waals surface area contributed by atoms with Gasteiger partial charge < -0.3 is 4.52 Å². The second-order valence-corrected chi connectivity index (χ2v) is 5.63. The Kier molecular flexibility index (Phi) is 5.17. The third-order valence-electron chi connectivity index (χ3n) is 1.56. The molecule has 0 radical (unpaired) electrons. The van der Waals surface area contributed by atoms with Gasteiger partial charge in [0.05, 0.1) is 20.1 Å². The zero-order valence-electron chi connectivity index (χ0n) is 7.90. The van der Waals surface area contributed by atoms with E-state index in [0.29, 0.717) is 6.26 Å². The van der Waals surface area contributed by atoms with Crippen LogP contribution in [0.1, 0.15) is 5.56 Å². The summed E-state index contributed by atoms with van der Waals surface area (Å²) in [4.78, 5) is 17.0. The van der Waals surface area contributed by atoms with E-state index in [4.69, 9.17) is 56.2 Å². The summed E-state index contributed by atoms with van der Waals surface area (Å²) in [6, 6.07) is 2.71. The number of rotatable bonds is 3. The molecule has 0 heterocycles. The maximum atomic E-state index is 10.5. The predicted octanol–water partition coefficient (Wildman–Crippen LogP) is 4.29. The SMILES string of the molecule is O=P(O)(O)OC=C(Cl)c1cc(Cl)c(Cl)cc1Cl. The smallest absolute Gasteiger partial charge is 0.411 e. The Labute approximate surface area is 117 Å². The monoisotopic (exact) mass is 336 g/mol. The maximum Gasteiger partial charge on any atom is 0.524 e. The highest BCUT2D eigenvalue weighted by atomic mass is 35.5. The van der Waals surface area contributed by atoms with Crippen LogP contribution in [0.15, 0.2) is 18.4 Å². The van der Waals surface area contributed by atoms with Crippen molar-refractivity contribution in [3.8, 4) is 0 Å². The van der Waals surface area contributed by atoms with Crippen LogP contribution in [0.2, 0.25) is 15.1 Å². The molecule has 0 aliphatic rings. The standard InChI is InChI=1S/C8H5Cl4O4P/c9-5-2-7(11)6(10)1-4(5)8(12)3-16-17(13,14)15/h1-3H,(H2,13,14,15). The molecular formula is C8H5Cl4O4P. The van der Waals surface area contributed by atoms with Gasteiger partial charge in [-0.15, -0.1) is 0 Å². The summed E-state index contributed by atoms with van der Waals surface area (Å²) in [6.45, 7) is 0. The maximum absolute atomic E-state index is 10.5. The third-order valence-corrected chi connectivity index (χ3v) is 3.27. The zero-order valence-corrected chi connectivity index (χ0v) is 11.8. The number of benzene rings is 1. The van der Waals surface area contributed by atoms with Crippen LogP contribution in [-0.4, -0.2) is 9.79 Å².